The highest BCUT2D eigenvalue weighted by molar-refractivity contribution is 5.97. The third kappa shape index (κ3) is 4.16. The molecule has 0 atom stereocenters. The molecule has 10 heteroatoms. The number of amides is 2. The zero-order valence-corrected chi connectivity index (χ0v) is 10.7. The molecule has 21 heavy (non-hydrogen) atoms. The largest absolute Gasteiger partial charge is 0.478 e. The Balaban J connectivity index is 3.40. The van der Waals surface area contributed by atoms with Gasteiger partial charge in [-0.15, -0.1) is 0 Å². The number of nitrogens with zero attached hydrogens (tertiary/aromatic N) is 2. The summed E-state index contributed by atoms with van der Waals surface area (Å²) in [4.78, 5) is 44.2. The second-order valence-corrected chi connectivity index (χ2v) is 4.05. The molecule has 0 bridgehead atoms. The number of non-ortho nitro benzene ring substituents is 1. The maximum atomic E-state index is 11.2. The van der Waals surface area contributed by atoms with Crippen molar-refractivity contribution >= 4 is 29.2 Å². The van der Waals surface area contributed by atoms with E-state index in [1.807, 2.05) is 0 Å². The minimum Gasteiger partial charge on any atom is -0.478 e. The summed E-state index contributed by atoms with van der Waals surface area (Å²) in [7, 11) is 0. The minimum absolute atomic E-state index is 0.186. The van der Waals surface area contributed by atoms with Crippen molar-refractivity contribution in [2.45, 2.75) is 0 Å². The molecule has 1 aromatic carbocycles. The van der Waals surface area contributed by atoms with Crippen molar-refractivity contribution in [1.82, 2.24) is 0 Å². The zero-order valence-electron chi connectivity index (χ0n) is 10.7. The second-order valence-electron chi connectivity index (χ2n) is 4.05. The van der Waals surface area contributed by atoms with Crippen LogP contribution in [-0.4, -0.2) is 40.9 Å². The van der Waals surface area contributed by atoms with Gasteiger partial charge in [-0.2, -0.15) is 0 Å². The van der Waals surface area contributed by atoms with E-state index < -0.39 is 41.5 Å². The molecule has 0 aliphatic rings. The normalized spacial score (nSPS) is 9.90. The summed E-state index contributed by atoms with van der Waals surface area (Å²) >= 11 is 0. The standard InChI is InChI=1S/C11H12N4O6/c12-9(16)4-14(5-10(13)17)8-3-6(15(20)21)1-2-7(8)11(18)19/h1-3H,4-5H2,(H2,12,16)(H2,13,17)(H,18,19). The van der Waals surface area contributed by atoms with Crippen LogP contribution in [-0.2, 0) is 9.59 Å². The van der Waals surface area contributed by atoms with Gasteiger partial charge in [-0.25, -0.2) is 4.79 Å². The van der Waals surface area contributed by atoms with Crippen LogP contribution >= 0.6 is 0 Å². The van der Waals surface area contributed by atoms with Gasteiger partial charge in [0.25, 0.3) is 5.69 Å². The molecule has 0 aromatic heterocycles. The SMILES string of the molecule is NC(=O)CN(CC(N)=O)c1cc([N+](=O)[O-])ccc1C(=O)O. The summed E-state index contributed by atoms with van der Waals surface area (Å²) in [5.41, 5.74) is 9.14. The van der Waals surface area contributed by atoms with Gasteiger partial charge in [-0.1, -0.05) is 0 Å². The van der Waals surface area contributed by atoms with Crippen molar-refractivity contribution in [3.05, 3.63) is 33.9 Å². The summed E-state index contributed by atoms with van der Waals surface area (Å²) in [5.74, 6) is -3.07. The smallest absolute Gasteiger partial charge is 0.337 e. The number of nitrogens with two attached hydrogens (primary N) is 2. The minimum atomic E-state index is -1.38. The molecule has 1 aromatic rings. The van der Waals surface area contributed by atoms with Crippen LogP contribution in [0.3, 0.4) is 0 Å². The molecule has 0 fully saturated rings. The van der Waals surface area contributed by atoms with Gasteiger partial charge in [0.15, 0.2) is 0 Å². The van der Waals surface area contributed by atoms with Crippen LogP contribution < -0.4 is 16.4 Å². The van der Waals surface area contributed by atoms with Gasteiger partial charge in [0.2, 0.25) is 11.8 Å². The van der Waals surface area contributed by atoms with E-state index in [1.54, 1.807) is 0 Å². The first-order valence-electron chi connectivity index (χ1n) is 5.55. The summed E-state index contributed by atoms with van der Waals surface area (Å²) in [6.07, 6.45) is 0. The molecule has 0 spiro atoms. The number of anilines is 1. The number of aromatic carboxylic acids is 1. The van der Waals surface area contributed by atoms with Gasteiger partial charge in [0.05, 0.1) is 29.3 Å². The lowest BCUT2D eigenvalue weighted by Gasteiger charge is -2.23. The molecule has 1 rings (SSSR count). The first-order valence-corrected chi connectivity index (χ1v) is 5.55. The Morgan fingerprint density at radius 1 is 1.19 bits per heavy atom. The Morgan fingerprint density at radius 2 is 1.71 bits per heavy atom. The molecule has 0 saturated carbocycles. The van der Waals surface area contributed by atoms with Gasteiger partial charge in [-0.05, 0) is 6.07 Å². The Kier molecular flexibility index (Phi) is 4.78. The number of benzene rings is 1. The van der Waals surface area contributed by atoms with Crippen LogP contribution in [0.2, 0.25) is 0 Å². The Morgan fingerprint density at radius 3 is 2.10 bits per heavy atom. The van der Waals surface area contributed by atoms with E-state index in [4.69, 9.17) is 16.6 Å². The predicted molar refractivity (Wildman–Crippen MR) is 70.7 cm³/mol. The number of carbonyl (C=O) groups is 3. The van der Waals surface area contributed by atoms with Crippen LogP contribution in [0.25, 0.3) is 0 Å². The predicted octanol–water partition coefficient (Wildman–Crippen LogP) is -0.930. The molecule has 5 N–H and O–H groups in total. The van der Waals surface area contributed by atoms with Crippen molar-refractivity contribution in [2.24, 2.45) is 11.5 Å². The number of carbonyl (C=O) groups excluding carboxylic acids is 2. The van der Waals surface area contributed by atoms with Crippen molar-refractivity contribution in [2.75, 3.05) is 18.0 Å². The highest BCUT2D eigenvalue weighted by Crippen LogP contribution is 2.26. The van der Waals surface area contributed by atoms with E-state index in [0.717, 1.165) is 23.1 Å². The molecule has 112 valence electrons. The third-order valence-corrected chi connectivity index (χ3v) is 2.46. The quantitative estimate of drug-likeness (QED) is 0.431. The van der Waals surface area contributed by atoms with Crippen LogP contribution in [0.1, 0.15) is 10.4 Å². The van der Waals surface area contributed by atoms with E-state index in [9.17, 15) is 24.5 Å². The highest BCUT2D eigenvalue weighted by atomic mass is 16.6. The number of rotatable bonds is 7. The molecule has 10 nitrogen and oxygen atoms in total. The molecule has 0 aliphatic carbocycles. The number of nitro benzene ring substituents is 1. The van der Waals surface area contributed by atoms with Crippen LogP contribution in [0.5, 0.6) is 0 Å². The van der Waals surface area contributed by atoms with Crippen molar-refractivity contribution in [3.8, 4) is 0 Å². The molecule has 0 aliphatic heterocycles. The van der Waals surface area contributed by atoms with Crippen LogP contribution in [0.4, 0.5) is 11.4 Å². The van der Waals surface area contributed by atoms with E-state index in [2.05, 4.69) is 0 Å². The van der Waals surface area contributed by atoms with Gasteiger partial charge < -0.3 is 21.5 Å². The average molecular weight is 296 g/mol. The average Bonchev–Trinajstić information content (AvgIpc) is 2.35. The zero-order chi connectivity index (χ0) is 16.2. The topological polar surface area (TPSA) is 170 Å². The van der Waals surface area contributed by atoms with Crippen molar-refractivity contribution < 1.29 is 24.4 Å². The lowest BCUT2D eigenvalue weighted by atomic mass is 10.1. The Labute approximate surface area is 118 Å². The lowest BCUT2D eigenvalue weighted by Crippen LogP contribution is -2.40. The summed E-state index contributed by atoms with van der Waals surface area (Å²) in [6.45, 7) is -1.02. The molecular formula is C11H12N4O6. The fraction of sp³-hybridized carbons (Fsp3) is 0.182. The maximum Gasteiger partial charge on any atom is 0.337 e. The number of hydrogen-bond donors (Lipinski definition) is 3. The fourth-order valence-corrected chi connectivity index (χ4v) is 1.68. The van der Waals surface area contributed by atoms with Gasteiger partial charge in [-0.3, -0.25) is 19.7 Å². The molecule has 0 radical (unpaired) electrons. The fourth-order valence-electron chi connectivity index (χ4n) is 1.68. The van der Waals surface area contributed by atoms with Gasteiger partial charge in [0, 0.05) is 12.1 Å². The number of hydrogen-bond acceptors (Lipinski definition) is 6. The maximum absolute atomic E-state index is 11.2. The first kappa shape index (κ1) is 15.9. The number of primary amides is 2. The van der Waals surface area contributed by atoms with E-state index in [1.165, 1.54) is 0 Å². The lowest BCUT2D eigenvalue weighted by molar-refractivity contribution is -0.384. The molecule has 2 amide bonds. The number of carboxylic acids is 1. The number of nitro groups is 1. The van der Waals surface area contributed by atoms with Gasteiger partial charge >= 0.3 is 5.97 Å². The highest BCUT2D eigenvalue weighted by Gasteiger charge is 2.22. The van der Waals surface area contributed by atoms with E-state index in [0.29, 0.717) is 0 Å². The van der Waals surface area contributed by atoms with Crippen molar-refractivity contribution in [3.63, 3.8) is 0 Å². The molecule has 0 saturated heterocycles. The molecule has 0 heterocycles. The van der Waals surface area contributed by atoms with Crippen LogP contribution in [0, 0.1) is 10.1 Å². The Bertz CT molecular complexity index is 599. The third-order valence-electron chi connectivity index (χ3n) is 2.46. The second kappa shape index (κ2) is 6.32. The summed E-state index contributed by atoms with van der Waals surface area (Å²) in [5, 5.41) is 19.8. The number of carboxylic acid groups (broad SMARTS) is 1. The first-order chi connectivity index (χ1) is 9.72. The summed E-state index contributed by atoms with van der Waals surface area (Å²) < 4.78 is 0. The summed E-state index contributed by atoms with van der Waals surface area (Å²) in [6, 6.07) is 2.94. The van der Waals surface area contributed by atoms with E-state index >= 15 is 0 Å². The van der Waals surface area contributed by atoms with Crippen LogP contribution in [0.15, 0.2) is 18.2 Å². The van der Waals surface area contributed by atoms with Crippen molar-refractivity contribution in [1.29, 1.82) is 0 Å². The van der Waals surface area contributed by atoms with E-state index in [-0.39, 0.29) is 11.3 Å². The monoisotopic (exact) mass is 296 g/mol. The molecule has 0 unspecified atom stereocenters. The Hall–Kier alpha value is -3.17. The van der Waals surface area contributed by atoms with Gasteiger partial charge in [0.1, 0.15) is 0 Å². The molecular weight excluding hydrogens is 284 g/mol.